The molecular weight excluding hydrogens is 228 g/mol. The zero-order valence-corrected chi connectivity index (χ0v) is 11.1. The second kappa shape index (κ2) is 4.53. The Morgan fingerprint density at radius 2 is 2.06 bits per heavy atom. The van der Waals surface area contributed by atoms with Crippen molar-refractivity contribution in [3.8, 4) is 0 Å². The average molecular weight is 250 g/mol. The maximum Gasteiger partial charge on any atom is 0.266 e. The Morgan fingerprint density at radius 1 is 1.28 bits per heavy atom. The lowest BCUT2D eigenvalue weighted by molar-refractivity contribution is 0.277. The molecule has 0 amide bonds. The topological polar surface area (TPSA) is 68.2 Å². The molecule has 3 rings (SSSR count). The van der Waals surface area contributed by atoms with Crippen molar-refractivity contribution in [2.24, 2.45) is 5.73 Å². The predicted octanol–water partition coefficient (Wildman–Crippen LogP) is 1.83. The summed E-state index contributed by atoms with van der Waals surface area (Å²) in [5, 5.41) is 4.15. The normalized spacial score (nSPS) is 33.0. The predicted molar refractivity (Wildman–Crippen MR) is 69.5 cm³/mol. The third-order valence-corrected chi connectivity index (χ3v) is 4.57. The largest absolute Gasteiger partial charge is 0.338 e. The molecule has 1 aromatic heterocycles. The van der Waals surface area contributed by atoms with E-state index >= 15 is 0 Å². The number of piperidine rings is 1. The third-order valence-electron chi connectivity index (χ3n) is 4.57. The number of nitrogens with zero attached hydrogens (tertiary/aromatic N) is 3. The monoisotopic (exact) mass is 250 g/mol. The molecule has 2 atom stereocenters. The summed E-state index contributed by atoms with van der Waals surface area (Å²) in [6, 6.07) is 0.146. The molecule has 1 aromatic rings. The Bertz CT molecular complexity index is 413. The van der Waals surface area contributed by atoms with Gasteiger partial charge in [0.25, 0.3) is 5.95 Å². The summed E-state index contributed by atoms with van der Waals surface area (Å²) in [6.07, 6.45) is 7.01. The van der Waals surface area contributed by atoms with Crippen LogP contribution in [0.25, 0.3) is 0 Å². The van der Waals surface area contributed by atoms with Crippen LogP contribution in [0.5, 0.6) is 0 Å². The fraction of sp³-hybridized carbons (Fsp3) is 0.846. The fourth-order valence-electron chi connectivity index (χ4n) is 3.13. The van der Waals surface area contributed by atoms with Gasteiger partial charge in [-0.25, -0.2) is 0 Å². The van der Waals surface area contributed by atoms with Crippen molar-refractivity contribution in [3.63, 3.8) is 0 Å². The van der Waals surface area contributed by atoms with Crippen LogP contribution < -0.4 is 10.6 Å². The van der Waals surface area contributed by atoms with Crippen LogP contribution in [0, 0.1) is 0 Å². The summed E-state index contributed by atoms with van der Waals surface area (Å²) in [7, 11) is 0. The van der Waals surface area contributed by atoms with E-state index in [0.29, 0.717) is 0 Å². The van der Waals surface area contributed by atoms with Gasteiger partial charge in [-0.2, -0.15) is 4.98 Å². The van der Waals surface area contributed by atoms with Gasteiger partial charge in [-0.15, -0.1) is 0 Å². The molecule has 0 bridgehead atoms. The lowest BCUT2D eigenvalue weighted by Gasteiger charge is -2.25. The molecule has 1 saturated carbocycles. The van der Waals surface area contributed by atoms with Crippen molar-refractivity contribution in [1.29, 1.82) is 0 Å². The highest BCUT2D eigenvalue weighted by Gasteiger charge is 2.43. The first-order chi connectivity index (χ1) is 8.70. The van der Waals surface area contributed by atoms with Crippen molar-refractivity contribution in [1.82, 2.24) is 10.1 Å². The first kappa shape index (κ1) is 12.0. The third kappa shape index (κ3) is 1.90. The highest BCUT2D eigenvalue weighted by atomic mass is 16.5. The van der Waals surface area contributed by atoms with Gasteiger partial charge < -0.3 is 15.2 Å². The minimum absolute atomic E-state index is 0.124. The Labute approximate surface area is 108 Å². The summed E-state index contributed by atoms with van der Waals surface area (Å²) in [6.45, 7) is 4.24. The van der Waals surface area contributed by atoms with Crippen molar-refractivity contribution in [2.75, 3.05) is 18.0 Å². The zero-order chi connectivity index (χ0) is 12.6. The van der Waals surface area contributed by atoms with Crippen molar-refractivity contribution in [2.45, 2.75) is 56.9 Å². The summed E-state index contributed by atoms with van der Waals surface area (Å²) in [5.74, 6) is 1.48. The van der Waals surface area contributed by atoms with Crippen LogP contribution in [0.3, 0.4) is 0 Å². The van der Waals surface area contributed by atoms with Crippen LogP contribution in [0.15, 0.2) is 4.52 Å². The van der Waals surface area contributed by atoms with E-state index in [2.05, 4.69) is 22.0 Å². The van der Waals surface area contributed by atoms with E-state index in [1.54, 1.807) is 0 Å². The number of rotatable bonds is 2. The van der Waals surface area contributed by atoms with Gasteiger partial charge in [-0.05, 0) is 44.2 Å². The van der Waals surface area contributed by atoms with Gasteiger partial charge in [0.05, 0.1) is 5.41 Å². The Balaban J connectivity index is 1.80. The summed E-state index contributed by atoms with van der Waals surface area (Å²) in [5.41, 5.74) is 6.07. The molecule has 2 heterocycles. The van der Waals surface area contributed by atoms with Crippen LogP contribution in [0.2, 0.25) is 0 Å². The number of aromatic nitrogens is 2. The molecule has 1 aliphatic carbocycles. The minimum atomic E-state index is -0.124. The van der Waals surface area contributed by atoms with Gasteiger partial charge in [0, 0.05) is 19.1 Å². The Kier molecular flexibility index (Phi) is 3.01. The SMILES string of the molecule is CC1(c2nc(N3CCCCC3)no2)CCCC1N. The van der Waals surface area contributed by atoms with E-state index in [-0.39, 0.29) is 11.5 Å². The van der Waals surface area contributed by atoms with Crippen molar-refractivity contribution < 1.29 is 4.52 Å². The molecule has 1 saturated heterocycles. The van der Waals surface area contributed by atoms with Gasteiger partial charge in [0.2, 0.25) is 5.89 Å². The van der Waals surface area contributed by atoms with Gasteiger partial charge in [-0.1, -0.05) is 6.42 Å². The van der Waals surface area contributed by atoms with Crippen LogP contribution >= 0.6 is 0 Å². The molecule has 2 aliphatic rings. The van der Waals surface area contributed by atoms with E-state index in [1.165, 1.54) is 19.3 Å². The number of hydrogen-bond donors (Lipinski definition) is 1. The number of nitrogens with two attached hydrogens (primary N) is 1. The summed E-state index contributed by atoms with van der Waals surface area (Å²) in [4.78, 5) is 6.83. The van der Waals surface area contributed by atoms with Crippen LogP contribution in [-0.4, -0.2) is 29.3 Å². The maximum atomic E-state index is 6.19. The summed E-state index contributed by atoms with van der Waals surface area (Å²) < 4.78 is 5.49. The summed E-state index contributed by atoms with van der Waals surface area (Å²) >= 11 is 0. The van der Waals surface area contributed by atoms with Crippen molar-refractivity contribution >= 4 is 5.95 Å². The van der Waals surface area contributed by atoms with E-state index in [0.717, 1.165) is 44.2 Å². The molecule has 0 aromatic carbocycles. The highest BCUT2D eigenvalue weighted by molar-refractivity contribution is 5.30. The Hall–Kier alpha value is -1.10. The fourth-order valence-corrected chi connectivity index (χ4v) is 3.13. The van der Waals surface area contributed by atoms with Gasteiger partial charge in [0.1, 0.15) is 0 Å². The molecule has 2 unspecified atom stereocenters. The zero-order valence-electron chi connectivity index (χ0n) is 11.1. The molecule has 18 heavy (non-hydrogen) atoms. The van der Waals surface area contributed by atoms with E-state index in [9.17, 15) is 0 Å². The van der Waals surface area contributed by atoms with Crippen LogP contribution in [0.4, 0.5) is 5.95 Å². The lowest BCUT2D eigenvalue weighted by Crippen LogP contribution is -2.38. The molecule has 100 valence electrons. The molecule has 5 nitrogen and oxygen atoms in total. The average Bonchev–Trinajstić information content (AvgIpc) is 3.00. The second-order valence-corrected chi connectivity index (χ2v) is 5.86. The Morgan fingerprint density at radius 3 is 2.72 bits per heavy atom. The van der Waals surface area contributed by atoms with Crippen LogP contribution in [-0.2, 0) is 5.41 Å². The van der Waals surface area contributed by atoms with E-state index in [1.807, 2.05) is 0 Å². The van der Waals surface area contributed by atoms with Crippen molar-refractivity contribution in [3.05, 3.63) is 5.89 Å². The second-order valence-electron chi connectivity index (χ2n) is 5.86. The molecular formula is C13H22N4O. The maximum absolute atomic E-state index is 6.19. The first-order valence-corrected chi connectivity index (χ1v) is 7.05. The molecule has 1 aliphatic heterocycles. The first-order valence-electron chi connectivity index (χ1n) is 7.05. The molecule has 0 radical (unpaired) electrons. The standard InChI is InChI=1S/C13H22N4O/c1-13(7-5-6-10(13)14)11-15-12(16-18-11)17-8-3-2-4-9-17/h10H,2-9,14H2,1H3. The number of hydrogen-bond acceptors (Lipinski definition) is 5. The molecule has 5 heteroatoms. The van der Waals surface area contributed by atoms with Gasteiger partial charge in [0.15, 0.2) is 0 Å². The van der Waals surface area contributed by atoms with E-state index in [4.69, 9.17) is 10.3 Å². The number of anilines is 1. The van der Waals surface area contributed by atoms with Crippen LogP contribution in [0.1, 0.15) is 51.3 Å². The lowest BCUT2D eigenvalue weighted by atomic mass is 9.85. The highest BCUT2D eigenvalue weighted by Crippen LogP contribution is 2.39. The van der Waals surface area contributed by atoms with Gasteiger partial charge in [-0.3, -0.25) is 0 Å². The van der Waals surface area contributed by atoms with E-state index < -0.39 is 0 Å². The quantitative estimate of drug-likeness (QED) is 0.867. The molecule has 0 spiro atoms. The van der Waals surface area contributed by atoms with Gasteiger partial charge >= 0.3 is 0 Å². The molecule has 2 N–H and O–H groups in total. The smallest absolute Gasteiger partial charge is 0.266 e. The molecule has 2 fully saturated rings. The minimum Gasteiger partial charge on any atom is -0.338 e.